The van der Waals surface area contributed by atoms with Gasteiger partial charge in [-0.05, 0) is 38.7 Å². The Bertz CT molecular complexity index is 502. The van der Waals surface area contributed by atoms with Crippen LogP contribution >= 0.6 is 27.5 Å². The minimum Gasteiger partial charge on any atom is -0.271 e. The number of nitrogens with one attached hydrogen (secondary N) is 1. The van der Waals surface area contributed by atoms with Gasteiger partial charge in [0.2, 0.25) is 0 Å². The van der Waals surface area contributed by atoms with Crippen molar-refractivity contribution >= 4 is 27.5 Å². The van der Waals surface area contributed by atoms with E-state index in [0.717, 1.165) is 0 Å². The molecular formula is C14H19BrClFN2. The van der Waals surface area contributed by atoms with E-state index in [4.69, 9.17) is 17.4 Å². The highest BCUT2D eigenvalue weighted by atomic mass is 79.9. The van der Waals surface area contributed by atoms with Gasteiger partial charge in [0.05, 0.1) is 11.1 Å². The molecule has 1 aromatic rings. The summed E-state index contributed by atoms with van der Waals surface area (Å²) in [4.78, 5) is 0. The van der Waals surface area contributed by atoms with E-state index in [9.17, 15) is 4.39 Å². The molecule has 1 fully saturated rings. The van der Waals surface area contributed by atoms with Crippen molar-refractivity contribution in [1.82, 2.24) is 5.43 Å². The summed E-state index contributed by atoms with van der Waals surface area (Å²) in [5, 5.41) is 0.106. The van der Waals surface area contributed by atoms with Gasteiger partial charge in [-0.1, -0.05) is 45.4 Å². The highest BCUT2D eigenvalue weighted by Crippen LogP contribution is 2.72. The van der Waals surface area contributed by atoms with Gasteiger partial charge in [0.15, 0.2) is 0 Å². The van der Waals surface area contributed by atoms with Gasteiger partial charge in [-0.2, -0.15) is 0 Å². The summed E-state index contributed by atoms with van der Waals surface area (Å²) < 4.78 is 14.9. The first-order chi connectivity index (χ1) is 8.66. The summed E-state index contributed by atoms with van der Waals surface area (Å²) >= 11 is 9.19. The van der Waals surface area contributed by atoms with Crippen molar-refractivity contribution in [2.75, 3.05) is 0 Å². The molecule has 1 aliphatic rings. The second-order valence-corrected chi connectivity index (χ2v) is 7.56. The number of hydrogen-bond acceptors (Lipinski definition) is 2. The second kappa shape index (κ2) is 4.69. The van der Waals surface area contributed by atoms with Gasteiger partial charge in [0.1, 0.15) is 5.82 Å². The molecule has 0 spiro atoms. The van der Waals surface area contributed by atoms with Gasteiger partial charge in [-0.25, -0.2) is 4.39 Å². The van der Waals surface area contributed by atoms with Crippen LogP contribution in [-0.2, 0) is 0 Å². The van der Waals surface area contributed by atoms with Crippen LogP contribution in [0.5, 0.6) is 0 Å². The van der Waals surface area contributed by atoms with E-state index in [1.807, 2.05) is 0 Å². The molecule has 1 unspecified atom stereocenters. The van der Waals surface area contributed by atoms with E-state index in [2.05, 4.69) is 49.1 Å². The Morgan fingerprint density at radius 2 is 1.84 bits per heavy atom. The number of nitrogens with two attached hydrogens (primary N) is 1. The molecule has 1 aliphatic carbocycles. The van der Waals surface area contributed by atoms with Gasteiger partial charge in [-0.15, -0.1) is 0 Å². The van der Waals surface area contributed by atoms with Crippen LogP contribution in [0.25, 0.3) is 0 Å². The Hall–Kier alpha value is -0.160. The molecule has 1 aromatic carbocycles. The number of hydrazine groups is 1. The summed E-state index contributed by atoms with van der Waals surface area (Å²) in [6, 6.07) is 3.25. The summed E-state index contributed by atoms with van der Waals surface area (Å²) in [7, 11) is 0. The van der Waals surface area contributed by atoms with Gasteiger partial charge in [0, 0.05) is 10.0 Å². The van der Waals surface area contributed by atoms with Gasteiger partial charge < -0.3 is 0 Å². The van der Waals surface area contributed by atoms with Crippen LogP contribution in [-0.4, -0.2) is 0 Å². The van der Waals surface area contributed by atoms with E-state index in [0.29, 0.717) is 10.0 Å². The predicted molar refractivity (Wildman–Crippen MR) is 80.2 cm³/mol. The molecule has 0 aliphatic heterocycles. The number of halogens is 3. The Morgan fingerprint density at radius 3 is 2.26 bits per heavy atom. The first kappa shape index (κ1) is 15.2. The maximum atomic E-state index is 14.3. The lowest BCUT2D eigenvalue weighted by molar-refractivity contribution is 0.403. The molecule has 2 nitrogen and oxygen atoms in total. The molecule has 0 aromatic heterocycles. The fraction of sp³-hybridized carbons (Fsp3) is 0.571. The molecule has 1 atom stereocenters. The molecule has 106 valence electrons. The third kappa shape index (κ3) is 2.13. The molecular weight excluding hydrogens is 331 g/mol. The third-order valence-corrected chi connectivity index (χ3v) is 6.30. The molecule has 2 rings (SSSR count). The number of benzene rings is 1. The summed E-state index contributed by atoms with van der Waals surface area (Å²) in [5.74, 6) is 5.53. The van der Waals surface area contributed by atoms with Crippen molar-refractivity contribution in [1.29, 1.82) is 0 Å². The van der Waals surface area contributed by atoms with E-state index in [1.165, 1.54) is 0 Å². The molecule has 3 N–H and O–H groups in total. The zero-order valence-corrected chi connectivity index (χ0v) is 13.9. The van der Waals surface area contributed by atoms with E-state index >= 15 is 0 Å². The lowest BCUT2D eigenvalue weighted by Crippen LogP contribution is -2.32. The summed E-state index contributed by atoms with van der Waals surface area (Å²) in [5.41, 5.74) is 3.51. The average Bonchev–Trinajstić information content (AvgIpc) is 2.72. The minimum absolute atomic E-state index is 0.106. The quantitative estimate of drug-likeness (QED) is 0.481. The monoisotopic (exact) mass is 348 g/mol. The normalized spacial score (nSPS) is 22.3. The van der Waals surface area contributed by atoms with Crippen LogP contribution in [0, 0.1) is 22.6 Å². The Labute approximate surface area is 127 Å². The van der Waals surface area contributed by atoms with Crippen molar-refractivity contribution in [2.24, 2.45) is 22.6 Å². The lowest BCUT2D eigenvalue weighted by atomic mass is 9.96. The van der Waals surface area contributed by atoms with Crippen molar-refractivity contribution in [3.05, 3.63) is 33.0 Å². The smallest absolute Gasteiger partial charge is 0.147 e. The molecule has 0 radical (unpaired) electrons. The molecule has 0 amide bonds. The molecule has 1 saturated carbocycles. The maximum absolute atomic E-state index is 14.3. The SMILES string of the molecule is CC1(C)C(C(NN)c2ccc(Br)c(Cl)c2F)C1(C)C. The van der Waals surface area contributed by atoms with Crippen molar-refractivity contribution in [2.45, 2.75) is 33.7 Å². The minimum atomic E-state index is -0.405. The lowest BCUT2D eigenvalue weighted by Gasteiger charge is -2.20. The molecule has 5 heteroatoms. The topological polar surface area (TPSA) is 38.0 Å². The maximum Gasteiger partial charge on any atom is 0.147 e. The van der Waals surface area contributed by atoms with Crippen molar-refractivity contribution in [3.8, 4) is 0 Å². The van der Waals surface area contributed by atoms with Gasteiger partial charge in [0.25, 0.3) is 0 Å². The van der Waals surface area contributed by atoms with Crippen LogP contribution in [0.3, 0.4) is 0 Å². The van der Waals surface area contributed by atoms with Gasteiger partial charge in [-0.3, -0.25) is 11.3 Å². The highest BCUT2D eigenvalue weighted by molar-refractivity contribution is 9.10. The number of hydrogen-bond donors (Lipinski definition) is 2. The van der Waals surface area contributed by atoms with Gasteiger partial charge >= 0.3 is 0 Å². The fourth-order valence-corrected chi connectivity index (χ4v) is 3.71. The first-order valence-corrected chi connectivity index (χ1v) is 7.43. The van der Waals surface area contributed by atoms with E-state index < -0.39 is 5.82 Å². The van der Waals surface area contributed by atoms with Crippen LogP contribution in [0.4, 0.5) is 4.39 Å². The van der Waals surface area contributed by atoms with E-state index in [-0.39, 0.29) is 27.8 Å². The fourth-order valence-electron chi connectivity index (χ4n) is 3.23. The second-order valence-electron chi connectivity index (χ2n) is 6.33. The molecule has 0 saturated heterocycles. The molecule has 0 heterocycles. The van der Waals surface area contributed by atoms with Crippen molar-refractivity contribution < 1.29 is 4.39 Å². The molecule has 19 heavy (non-hydrogen) atoms. The van der Waals surface area contributed by atoms with E-state index in [1.54, 1.807) is 12.1 Å². The third-order valence-electron chi connectivity index (χ3n) is 5.05. The largest absolute Gasteiger partial charge is 0.271 e. The van der Waals surface area contributed by atoms with Crippen LogP contribution in [0.2, 0.25) is 5.02 Å². The Kier molecular flexibility index (Phi) is 3.76. The Morgan fingerprint density at radius 1 is 1.32 bits per heavy atom. The Balaban J connectivity index is 2.43. The first-order valence-electron chi connectivity index (χ1n) is 6.25. The summed E-state index contributed by atoms with van der Waals surface area (Å²) in [6.07, 6.45) is 0. The zero-order valence-electron chi connectivity index (χ0n) is 11.5. The standard InChI is InChI=1S/C14H19BrClFN2/c1-13(2)12(14(13,3)4)11(19-18)7-5-6-8(15)9(16)10(7)17/h5-6,11-12,19H,18H2,1-4H3. The predicted octanol–water partition coefficient (Wildman–Crippen LogP) is 4.43. The summed E-state index contributed by atoms with van der Waals surface area (Å²) in [6.45, 7) is 8.72. The van der Waals surface area contributed by atoms with Crippen LogP contribution in [0.1, 0.15) is 39.3 Å². The van der Waals surface area contributed by atoms with Crippen LogP contribution in [0.15, 0.2) is 16.6 Å². The average molecular weight is 350 g/mol. The molecule has 0 bridgehead atoms. The number of rotatable bonds is 3. The van der Waals surface area contributed by atoms with Crippen molar-refractivity contribution in [3.63, 3.8) is 0 Å². The zero-order chi connectivity index (χ0) is 14.6. The highest BCUT2D eigenvalue weighted by Gasteiger charge is 2.67. The van der Waals surface area contributed by atoms with Crippen LogP contribution < -0.4 is 11.3 Å².